The molecule has 0 heterocycles. The van der Waals surface area contributed by atoms with Gasteiger partial charge in [-0.2, -0.15) is 0 Å². The third-order valence-corrected chi connectivity index (χ3v) is 5.60. The van der Waals surface area contributed by atoms with E-state index in [-0.39, 0.29) is 24.0 Å². The predicted molar refractivity (Wildman–Crippen MR) is 118 cm³/mol. The maximum Gasteiger partial charge on any atom is 0.311 e. The van der Waals surface area contributed by atoms with Crippen LogP contribution in [0.15, 0.2) is 72.3 Å². The van der Waals surface area contributed by atoms with Crippen LogP contribution >= 0.6 is 0 Å². The first-order chi connectivity index (χ1) is 13.8. The fourth-order valence-electron chi connectivity index (χ4n) is 4.17. The van der Waals surface area contributed by atoms with Crippen molar-refractivity contribution < 1.29 is 9.53 Å². The molecular weight excluding hydrogens is 358 g/mol. The summed E-state index contributed by atoms with van der Waals surface area (Å²) in [5.41, 5.74) is 3.27. The molecule has 1 aliphatic rings. The number of hydrogen-bond donors (Lipinski definition) is 0. The Labute approximate surface area is 175 Å². The molecule has 29 heavy (non-hydrogen) atoms. The number of carbonyl (C=O) groups excluding carboxylic acids is 1. The minimum Gasteiger partial charge on any atom is -0.460 e. The average Bonchev–Trinajstić information content (AvgIpc) is 3.07. The van der Waals surface area contributed by atoms with Crippen molar-refractivity contribution in [3.63, 3.8) is 0 Å². The van der Waals surface area contributed by atoms with Gasteiger partial charge in [-0.25, -0.2) is 0 Å². The molecule has 0 saturated heterocycles. The lowest BCUT2D eigenvalue weighted by Gasteiger charge is -2.39. The first-order valence-corrected chi connectivity index (χ1v) is 10.5. The molecule has 0 amide bonds. The Kier molecular flexibility index (Phi) is 6.59. The van der Waals surface area contributed by atoms with Gasteiger partial charge in [0.15, 0.2) is 0 Å². The quantitative estimate of drug-likeness (QED) is 0.452. The highest BCUT2D eigenvalue weighted by Crippen LogP contribution is 2.37. The normalized spacial score (nSPS) is 20.4. The first-order valence-electron chi connectivity index (χ1n) is 10.5. The zero-order chi connectivity index (χ0) is 21.0. The summed E-state index contributed by atoms with van der Waals surface area (Å²) >= 11 is 0. The topological polar surface area (TPSA) is 29.5 Å². The lowest BCUT2D eigenvalue weighted by atomic mass is 9.93. The van der Waals surface area contributed by atoms with Crippen LogP contribution in [-0.2, 0) is 16.1 Å². The van der Waals surface area contributed by atoms with Gasteiger partial charge in [0.2, 0.25) is 0 Å². The summed E-state index contributed by atoms with van der Waals surface area (Å²) in [6.45, 7) is 11.0. The fraction of sp³-hybridized carbons (Fsp3) is 0.423. The molecule has 0 spiro atoms. The Morgan fingerprint density at radius 3 is 2.24 bits per heavy atom. The van der Waals surface area contributed by atoms with E-state index in [1.165, 1.54) is 16.7 Å². The van der Waals surface area contributed by atoms with Gasteiger partial charge in [-0.1, -0.05) is 72.3 Å². The van der Waals surface area contributed by atoms with Crippen LogP contribution in [0.3, 0.4) is 0 Å². The Hall–Kier alpha value is -2.39. The van der Waals surface area contributed by atoms with E-state index in [4.69, 9.17) is 4.74 Å². The smallest absolute Gasteiger partial charge is 0.311 e. The van der Waals surface area contributed by atoms with Gasteiger partial charge in [-0.3, -0.25) is 9.69 Å². The zero-order valence-electron chi connectivity index (χ0n) is 18.3. The molecule has 0 saturated carbocycles. The summed E-state index contributed by atoms with van der Waals surface area (Å²) in [4.78, 5) is 15.5. The number of benzene rings is 2. The number of ether oxygens (including phenoxy) is 1. The molecule has 3 atom stereocenters. The van der Waals surface area contributed by atoms with Gasteiger partial charge in [0.25, 0.3) is 0 Å². The van der Waals surface area contributed by atoms with Crippen molar-refractivity contribution in [2.75, 3.05) is 0 Å². The maximum atomic E-state index is 13.1. The predicted octanol–water partition coefficient (Wildman–Crippen LogP) is 5.93. The van der Waals surface area contributed by atoms with Crippen LogP contribution in [0.4, 0.5) is 0 Å². The molecule has 0 fully saturated rings. The largest absolute Gasteiger partial charge is 0.460 e. The van der Waals surface area contributed by atoms with Gasteiger partial charge < -0.3 is 4.74 Å². The number of hydrogen-bond acceptors (Lipinski definition) is 3. The molecule has 3 rings (SSSR count). The summed E-state index contributed by atoms with van der Waals surface area (Å²) in [6, 6.07) is 21.2. The fourth-order valence-corrected chi connectivity index (χ4v) is 4.17. The van der Waals surface area contributed by atoms with E-state index in [0.29, 0.717) is 0 Å². The van der Waals surface area contributed by atoms with Crippen LogP contribution in [0.1, 0.15) is 58.2 Å². The minimum absolute atomic E-state index is 0.0280. The second kappa shape index (κ2) is 8.96. The van der Waals surface area contributed by atoms with E-state index in [1.807, 2.05) is 32.9 Å². The van der Waals surface area contributed by atoms with E-state index in [1.54, 1.807) is 0 Å². The molecular formula is C26H33NO2. The minimum atomic E-state index is -0.479. The standard InChI is InChI=1S/C26H33NO2/c1-19-16-17-23(25(28)29-26(3,4)5)24(19)27(18-21-12-8-6-9-13-21)20(2)22-14-10-7-11-15-22/h6-16,20,23-24H,17-18H2,1-5H3/t20-,23-,24-/m0/s1. The molecule has 154 valence electrons. The monoisotopic (exact) mass is 391 g/mol. The first kappa shape index (κ1) is 21.3. The Balaban J connectivity index is 1.94. The molecule has 0 radical (unpaired) electrons. The van der Waals surface area contributed by atoms with Gasteiger partial charge in [-0.15, -0.1) is 0 Å². The van der Waals surface area contributed by atoms with Crippen molar-refractivity contribution in [3.05, 3.63) is 83.4 Å². The molecule has 0 aromatic heterocycles. The number of esters is 1. The highest BCUT2D eigenvalue weighted by molar-refractivity contribution is 5.75. The van der Waals surface area contributed by atoms with Crippen molar-refractivity contribution in [1.29, 1.82) is 0 Å². The third kappa shape index (κ3) is 5.36. The Bertz CT molecular complexity index is 836. The van der Waals surface area contributed by atoms with Gasteiger partial charge in [-0.05, 0) is 52.2 Å². The lowest BCUT2D eigenvalue weighted by Crippen LogP contribution is -2.44. The molecule has 2 aromatic carbocycles. The molecule has 3 heteroatoms. The van der Waals surface area contributed by atoms with Crippen molar-refractivity contribution in [3.8, 4) is 0 Å². The SMILES string of the molecule is CC1=CC[C@H](C(=O)OC(C)(C)C)[C@H]1N(Cc1ccccc1)[C@@H](C)c1ccccc1. The molecule has 0 unspecified atom stereocenters. The summed E-state index contributed by atoms with van der Waals surface area (Å²) in [7, 11) is 0. The number of carbonyl (C=O) groups is 1. The molecule has 0 bridgehead atoms. The molecule has 0 N–H and O–H groups in total. The van der Waals surface area contributed by atoms with Crippen molar-refractivity contribution >= 4 is 5.97 Å². The van der Waals surface area contributed by atoms with Gasteiger partial charge in [0.05, 0.1) is 5.92 Å². The highest BCUT2D eigenvalue weighted by atomic mass is 16.6. The van der Waals surface area contributed by atoms with Gasteiger partial charge in [0.1, 0.15) is 5.60 Å². The Morgan fingerprint density at radius 1 is 1.07 bits per heavy atom. The van der Waals surface area contributed by atoms with Crippen LogP contribution < -0.4 is 0 Å². The summed E-state index contributed by atoms with van der Waals surface area (Å²) < 4.78 is 5.79. The summed E-state index contributed by atoms with van der Waals surface area (Å²) in [6.07, 6.45) is 2.94. The van der Waals surface area contributed by atoms with Crippen molar-refractivity contribution in [2.45, 2.75) is 65.3 Å². The van der Waals surface area contributed by atoms with Crippen LogP contribution in [0.2, 0.25) is 0 Å². The van der Waals surface area contributed by atoms with Crippen molar-refractivity contribution in [1.82, 2.24) is 4.90 Å². The number of rotatable bonds is 6. The second-order valence-electron chi connectivity index (χ2n) is 9.01. The van der Waals surface area contributed by atoms with Crippen LogP contribution in [0.25, 0.3) is 0 Å². The van der Waals surface area contributed by atoms with Crippen LogP contribution in [-0.4, -0.2) is 22.5 Å². The molecule has 0 aliphatic heterocycles. The van der Waals surface area contributed by atoms with E-state index >= 15 is 0 Å². The zero-order valence-corrected chi connectivity index (χ0v) is 18.3. The van der Waals surface area contributed by atoms with E-state index in [9.17, 15) is 4.79 Å². The van der Waals surface area contributed by atoms with Gasteiger partial charge in [0, 0.05) is 18.6 Å². The number of allylic oxidation sites excluding steroid dienone is 1. The maximum absolute atomic E-state index is 13.1. The highest BCUT2D eigenvalue weighted by Gasteiger charge is 2.41. The van der Waals surface area contributed by atoms with Crippen molar-refractivity contribution in [2.24, 2.45) is 5.92 Å². The Morgan fingerprint density at radius 2 is 1.66 bits per heavy atom. The summed E-state index contributed by atoms with van der Waals surface area (Å²) in [5.74, 6) is -0.280. The number of nitrogens with zero attached hydrogens (tertiary/aromatic N) is 1. The second-order valence-corrected chi connectivity index (χ2v) is 9.01. The van der Waals surface area contributed by atoms with Crippen LogP contribution in [0.5, 0.6) is 0 Å². The summed E-state index contributed by atoms with van der Waals surface area (Å²) in [5, 5.41) is 0. The molecule has 1 aliphatic carbocycles. The van der Waals surface area contributed by atoms with Crippen LogP contribution in [0, 0.1) is 5.92 Å². The van der Waals surface area contributed by atoms with E-state index in [0.717, 1.165) is 13.0 Å². The lowest BCUT2D eigenvalue weighted by molar-refractivity contribution is -0.162. The third-order valence-electron chi connectivity index (χ3n) is 5.60. The van der Waals surface area contributed by atoms with E-state index in [2.05, 4.69) is 73.4 Å². The molecule has 2 aromatic rings. The average molecular weight is 392 g/mol. The van der Waals surface area contributed by atoms with E-state index < -0.39 is 5.60 Å². The molecule has 3 nitrogen and oxygen atoms in total. The van der Waals surface area contributed by atoms with Gasteiger partial charge >= 0.3 is 5.97 Å².